The molecule has 134 valence electrons. The zero-order valence-corrected chi connectivity index (χ0v) is 15.5. The number of hydrogen-bond acceptors (Lipinski definition) is 6. The van der Waals surface area contributed by atoms with E-state index in [0.29, 0.717) is 0 Å². The molecule has 0 aromatic carbocycles. The molecule has 0 aromatic rings. The van der Waals surface area contributed by atoms with Gasteiger partial charge in [-0.2, -0.15) is 0 Å². The Morgan fingerprint density at radius 1 is 1.39 bits per heavy atom. The third kappa shape index (κ3) is 4.18. The molecule has 7 nitrogen and oxygen atoms in total. The first kappa shape index (κ1) is 21.1. The molecule has 1 aliphatic rings. The van der Waals surface area contributed by atoms with Gasteiger partial charge in [-0.05, 0) is 27.2 Å². The number of ether oxygens (including phenoxy) is 2. The van der Waals surface area contributed by atoms with Gasteiger partial charge in [-0.15, -0.1) is 0 Å². The number of methoxy groups -OCH3 is 1. The summed E-state index contributed by atoms with van der Waals surface area (Å²) in [6.07, 6.45) is -2.34. The Morgan fingerprint density at radius 3 is 2.30 bits per heavy atom. The van der Waals surface area contributed by atoms with E-state index in [1.54, 1.807) is 27.7 Å². The van der Waals surface area contributed by atoms with Crippen LogP contribution in [0.4, 0.5) is 0 Å². The molecule has 7 atom stereocenters. The summed E-state index contributed by atoms with van der Waals surface area (Å²) in [5, 5.41) is 18.5. The predicted molar refractivity (Wildman–Crippen MR) is 86.3 cm³/mol. The van der Waals surface area contributed by atoms with E-state index in [2.05, 4.69) is 0 Å². The smallest absolute Gasteiger partial charge is 0.359 e. The molecular formula is C14H28BO7P. The second-order valence-electron chi connectivity index (χ2n) is 6.83. The maximum Gasteiger partial charge on any atom is 0.359 e. The molecule has 0 spiro atoms. The van der Waals surface area contributed by atoms with Crippen molar-refractivity contribution in [2.45, 2.75) is 76.3 Å². The molecule has 0 aromatic heterocycles. The van der Waals surface area contributed by atoms with Gasteiger partial charge in [0.15, 0.2) is 5.34 Å². The van der Waals surface area contributed by atoms with Crippen LogP contribution in [-0.4, -0.2) is 65.3 Å². The maximum atomic E-state index is 12.4. The SMILES string of the molecule is [B]C1OC(C(C)C(C)(C)OP(=O)(O)C(C)(O)CC)C(O)C1OC. The molecule has 23 heavy (non-hydrogen) atoms. The molecule has 1 fully saturated rings. The average Bonchev–Trinajstić information content (AvgIpc) is 2.71. The number of rotatable bonds is 7. The fourth-order valence-electron chi connectivity index (χ4n) is 2.50. The summed E-state index contributed by atoms with van der Waals surface area (Å²) in [7, 11) is 2.89. The zero-order valence-electron chi connectivity index (χ0n) is 14.6. The van der Waals surface area contributed by atoms with E-state index in [1.807, 2.05) is 0 Å². The standard InChI is InChI=1S/C14H28BO7P/c1-7-14(5,17)23(18,19)22-13(3,4)8(2)10-9(16)11(20-6)12(15)21-10/h8-12,16-17H,7H2,1-6H3,(H,18,19). The largest absolute Gasteiger partial charge is 0.388 e. The van der Waals surface area contributed by atoms with E-state index in [9.17, 15) is 19.7 Å². The van der Waals surface area contributed by atoms with Crippen LogP contribution in [0.25, 0.3) is 0 Å². The second kappa shape index (κ2) is 7.12. The summed E-state index contributed by atoms with van der Waals surface area (Å²) in [5.74, 6) is -0.489. The van der Waals surface area contributed by atoms with Crippen LogP contribution in [0.15, 0.2) is 0 Å². The summed E-state index contributed by atoms with van der Waals surface area (Å²) in [6.45, 7) is 7.78. The average molecular weight is 350 g/mol. The van der Waals surface area contributed by atoms with Crippen LogP contribution in [0.1, 0.15) is 41.0 Å². The van der Waals surface area contributed by atoms with Gasteiger partial charge >= 0.3 is 7.60 Å². The quantitative estimate of drug-likeness (QED) is 0.464. The normalized spacial score (nSPS) is 35.5. The maximum absolute atomic E-state index is 12.4. The van der Waals surface area contributed by atoms with Crippen LogP contribution in [-0.2, 0) is 18.6 Å². The third-order valence-corrected chi connectivity index (χ3v) is 7.06. The van der Waals surface area contributed by atoms with Gasteiger partial charge < -0.3 is 29.1 Å². The van der Waals surface area contributed by atoms with E-state index < -0.39 is 48.8 Å². The van der Waals surface area contributed by atoms with Crippen molar-refractivity contribution in [3.63, 3.8) is 0 Å². The highest BCUT2D eigenvalue weighted by Crippen LogP contribution is 2.59. The molecular weight excluding hydrogens is 322 g/mol. The van der Waals surface area contributed by atoms with Crippen LogP contribution < -0.4 is 0 Å². The Hall–Kier alpha value is 0.0549. The summed E-state index contributed by atoms with van der Waals surface area (Å²) >= 11 is 0. The predicted octanol–water partition coefficient (Wildman–Crippen LogP) is 0.991. The van der Waals surface area contributed by atoms with E-state index in [4.69, 9.17) is 21.8 Å². The van der Waals surface area contributed by atoms with Crippen molar-refractivity contribution in [3.05, 3.63) is 0 Å². The molecule has 1 rings (SSSR count). The number of hydrogen-bond donors (Lipinski definition) is 3. The molecule has 1 saturated heterocycles. The lowest BCUT2D eigenvalue weighted by Crippen LogP contribution is -2.46. The van der Waals surface area contributed by atoms with Crippen LogP contribution in [0.3, 0.4) is 0 Å². The fourth-order valence-corrected chi connectivity index (χ4v) is 3.90. The molecule has 2 radical (unpaired) electrons. The zero-order chi connectivity index (χ0) is 18.2. The van der Waals surface area contributed by atoms with Crippen molar-refractivity contribution < 1.29 is 33.7 Å². The summed E-state index contributed by atoms with van der Waals surface area (Å²) in [4.78, 5) is 10.1. The Labute approximate surface area is 139 Å². The molecule has 0 aliphatic carbocycles. The van der Waals surface area contributed by atoms with Crippen molar-refractivity contribution in [1.29, 1.82) is 0 Å². The first-order chi connectivity index (χ1) is 10.3. The van der Waals surface area contributed by atoms with Crippen molar-refractivity contribution in [3.8, 4) is 0 Å². The van der Waals surface area contributed by atoms with Gasteiger partial charge in [0.1, 0.15) is 20.1 Å². The Kier molecular flexibility index (Phi) is 6.53. The molecule has 0 saturated carbocycles. The minimum atomic E-state index is -4.31. The van der Waals surface area contributed by atoms with Gasteiger partial charge in [-0.3, -0.25) is 4.57 Å². The topological polar surface area (TPSA) is 105 Å². The van der Waals surface area contributed by atoms with Crippen molar-refractivity contribution in [2.24, 2.45) is 5.92 Å². The van der Waals surface area contributed by atoms with Crippen molar-refractivity contribution in [2.75, 3.05) is 7.11 Å². The van der Waals surface area contributed by atoms with E-state index >= 15 is 0 Å². The lowest BCUT2D eigenvalue weighted by atomic mass is 9.84. The fraction of sp³-hybridized carbons (Fsp3) is 1.00. The number of aliphatic hydroxyl groups is 2. The molecule has 3 N–H and O–H groups in total. The highest BCUT2D eigenvalue weighted by atomic mass is 31.2. The summed E-state index contributed by atoms with van der Waals surface area (Å²) < 4.78 is 28.5. The highest BCUT2D eigenvalue weighted by Gasteiger charge is 2.52. The Balaban J connectivity index is 2.94. The first-order valence-corrected chi connectivity index (χ1v) is 9.26. The number of aliphatic hydroxyl groups excluding tert-OH is 1. The van der Waals surface area contributed by atoms with Gasteiger partial charge in [0.05, 0.1) is 11.7 Å². The lowest BCUT2D eigenvalue weighted by molar-refractivity contribution is -0.0795. The molecule has 7 unspecified atom stereocenters. The van der Waals surface area contributed by atoms with Crippen LogP contribution in [0, 0.1) is 5.92 Å². The van der Waals surface area contributed by atoms with Crippen molar-refractivity contribution >= 4 is 15.4 Å². The summed E-state index contributed by atoms with van der Waals surface area (Å²) in [6, 6.07) is -0.794. The van der Waals surface area contributed by atoms with Gasteiger partial charge in [-0.25, -0.2) is 0 Å². The molecule has 1 aliphatic heterocycles. The molecule has 0 amide bonds. The molecule has 0 bridgehead atoms. The Morgan fingerprint density at radius 2 is 1.91 bits per heavy atom. The van der Waals surface area contributed by atoms with Gasteiger partial charge in [0.25, 0.3) is 0 Å². The van der Waals surface area contributed by atoms with Crippen LogP contribution in [0.2, 0.25) is 0 Å². The third-order valence-electron chi connectivity index (χ3n) is 4.81. The monoisotopic (exact) mass is 350 g/mol. The minimum Gasteiger partial charge on any atom is -0.388 e. The van der Waals surface area contributed by atoms with E-state index in [1.165, 1.54) is 14.0 Å². The Bertz CT molecular complexity index is 456. The summed E-state index contributed by atoms with van der Waals surface area (Å²) in [5.41, 5.74) is -1.16. The van der Waals surface area contributed by atoms with Gasteiger partial charge in [0.2, 0.25) is 0 Å². The van der Waals surface area contributed by atoms with E-state index in [0.717, 1.165) is 0 Å². The van der Waals surface area contributed by atoms with Crippen LogP contribution in [0.5, 0.6) is 0 Å². The van der Waals surface area contributed by atoms with E-state index in [-0.39, 0.29) is 6.42 Å². The molecule has 1 heterocycles. The first-order valence-electron chi connectivity index (χ1n) is 7.68. The van der Waals surface area contributed by atoms with Crippen molar-refractivity contribution in [1.82, 2.24) is 0 Å². The highest BCUT2D eigenvalue weighted by molar-refractivity contribution is 7.54. The lowest BCUT2D eigenvalue weighted by Gasteiger charge is -2.40. The van der Waals surface area contributed by atoms with Crippen LogP contribution >= 0.6 is 7.60 Å². The van der Waals surface area contributed by atoms with Gasteiger partial charge in [-0.1, -0.05) is 13.8 Å². The van der Waals surface area contributed by atoms with Gasteiger partial charge in [0, 0.05) is 19.0 Å². The minimum absolute atomic E-state index is 0.0599. The second-order valence-corrected chi connectivity index (χ2v) is 9.02. The molecule has 9 heteroatoms.